The van der Waals surface area contributed by atoms with Gasteiger partial charge in [0.2, 0.25) is 0 Å². The number of hydrogen-bond acceptors (Lipinski definition) is 4. The van der Waals surface area contributed by atoms with Gasteiger partial charge in [-0.2, -0.15) is 0 Å². The highest BCUT2D eigenvalue weighted by Gasteiger charge is 2.17. The molecule has 5 nitrogen and oxygen atoms in total. The summed E-state index contributed by atoms with van der Waals surface area (Å²) in [5, 5.41) is 0. The summed E-state index contributed by atoms with van der Waals surface area (Å²) in [6, 6.07) is 11.8. The van der Waals surface area contributed by atoms with E-state index in [-0.39, 0.29) is 5.91 Å². The van der Waals surface area contributed by atoms with E-state index in [9.17, 15) is 4.79 Å². The molecule has 0 spiro atoms. The van der Waals surface area contributed by atoms with Crippen LogP contribution in [-0.2, 0) is 11.3 Å². The minimum absolute atomic E-state index is 0.0903. The topological polar surface area (TPSA) is 45.7 Å². The Morgan fingerprint density at radius 2 is 1.96 bits per heavy atom. The van der Waals surface area contributed by atoms with E-state index in [4.69, 9.17) is 4.74 Å². The van der Waals surface area contributed by atoms with Crippen LogP contribution in [0.3, 0.4) is 0 Å². The van der Waals surface area contributed by atoms with E-state index in [1.807, 2.05) is 48.2 Å². The average molecular weight is 353 g/mol. The summed E-state index contributed by atoms with van der Waals surface area (Å²) < 4.78 is 5.40. The largest absolute Gasteiger partial charge is 0.379 e. The lowest BCUT2D eigenvalue weighted by atomic mass is 10.1. The number of aromatic nitrogens is 1. The number of carbonyl (C=O) groups excluding carboxylic acids is 1. The van der Waals surface area contributed by atoms with Gasteiger partial charge < -0.3 is 9.64 Å². The van der Waals surface area contributed by atoms with Crippen LogP contribution >= 0.6 is 0 Å². The van der Waals surface area contributed by atoms with Crippen molar-refractivity contribution in [1.29, 1.82) is 0 Å². The number of aryl methyl sites for hydroxylation is 1. The van der Waals surface area contributed by atoms with Gasteiger partial charge in [-0.1, -0.05) is 17.7 Å². The number of hydrogen-bond donors (Lipinski definition) is 0. The lowest BCUT2D eigenvalue weighted by Crippen LogP contribution is -2.39. The van der Waals surface area contributed by atoms with Gasteiger partial charge in [-0.25, -0.2) is 0 Å². The van der Waals surface area contributed by atoms with Gasteiger partial charge in [-0.15, -0.1) is 0 Å². The lowest BCUT2D eigenvalue weighted by Gasteiger charge is -2.28. The first-order valence-corrected chi connectivity index (χ1v) is 9.27. The second kappa shape index (κ2) is 9.46. The van der Waals surface area contributed by atoms with Crippen LogP contribution in [0.1, 0.15) is 27.9 Å². The highest BCUT2D eigenvalue weighted by molar-refractivity contribution is 5.94. The van der Waals surface area contributed by atoms with Gasteiger partial charge in [0.25, 0.3) is 5.91 Å². The zero-order valence-corrected chi connectivity index (χ0v) is 15.4. The van der Waals surface area contributed by atoms with E-state index < -0.39 is 0 Å². The fourth-order valence-corrected chi connectivity index (χ4v) is 3.23. The Morgan fingerprint density at radius 3 is 2.69 bits per heavy atom. The Balaban J connectivity index is 1.65. The Hall–Kier alpha value is -2.24. The van der Waals surface area contributed by atoms with E-state index in [0.717, 1.165) is 62.5 Å². The summed E-state index contributed by atoms with van der Waals surface area (Å²) >= 11 is 0. The van der Waals surface area contributed by atoms with Gasteiger partial charge in [0, 0.05) is 50.7 Å². The minimum Gasteiger partial charge on any atom is -0.379 e. The molecule has 0 radical (unpaired) electrons. The van der Waals surface area contributed by atoms with Crippen LogP contribution in [0, 0.1) is 6.92 Å². The molecule has 1 aliphatic rings. The van der Waals surface area contributed by atoms with Crippen molar-refractivity contribution in [2.45, 2.75) is 19.9 Å². The molecule has 1 amide bonds. The molecule has 138 valence electrons. The van der Waals surface area contributed by atoms with Crippen molar-refractivity contribution in [3.05, 3.63) is 65.5 Å². The van der Waals surface area contributed by atoms with E-state index in [1.54, 1.807) is 12.4 Å². The Bertz CT molecular complexity index is 699. The molecular formula is C21H27N3O2. The summed E-state index contributed by atoms with van der Waals surface area (Å²) in [6.07, 6.45) is 4.51. The maximum absolute atomic E-state index is 13.1. The van der Waals surface area contributed by atoms with Gasteiger partial charge >= 0.3 is 0 Å². The molecule has 26 heavy (non-hydrogen) atoms. The molecule has 0 aliphatic carbocycles. The zero-order chi connectivity index (χ0) is 18.2. The van der Waals surface area contributed by atoms with E-state index in [1.165, 1.54) is 0 Å². The van der Waals surface area contributed by atoms with Crippen LogP contribution < -0.4 is 0 Å². The van der Waals surface area contributed by atoms with Crippen molar-refractivity contribution in [3.63, 3.8) is 0 Å². The normalized spacial score (nSPS) is 15.0. The summed E-state index contributed by atoms with van der Waals surface area (Å²) in [5.74, 6) is 0.0903. The second-order valence-electron chi connectivity index (χ2n) is 6.76. The molecule has 0 atom stereocenters. The maximum atomic E-state index is 13.1. The molecule has 1 aliphatic heterocycles. The zero-order valence-electron chi connectivity index (χ0n) is 15.4. The third kappa shape index (κ3) is 5.38. The second-order valence-corrected chi connectivity index (χ2v) is 6.76. The van der Waals surface area contributed by atoms with Crippen LogP contribution in [-0.4, -0.2) is 60.1 Å². The quantitative estimate of drug-likeness (QED) is 0.768. The number of morpholine rings is 1. The third-order valence-corrected chi connectivity index (χ3v) is 4.68. The van der Waals surface area contributed by atoms with Crippen LogP contribution in [0.5, 0.6) is 0 Å². The fourth-order valence-electron chi connectivity index (χ4n) is 3.23. The van der Waals surface area contributed by atoms with Crippen LogP contribution in [0.2, 0.25) is 0 Å². The molecule has 3 rings (SSSR count). The highest BCUT2D eigenvalue weighted by atomic mass is 16.5. The average Bonchev–Trinajstić information content (AvgIpc) is 2.68. The first kappa shape index (κ1) is 18.5. The third-order valence-electron chi connectivity index (χ3n) is 4.68. The summed E-state index contributed by atoms with van der Waals surface area (Å²) in [5.41, 5.74) is 2.96. The van der Waals surface area contributed by atoms with Gasteiger partial charge in [0.05, 0.1) is 13.2 Å². The molecular weight excluding hydrogens is 326 g/mol. The lowest BCUT2D eigenvalue weighted by molar-refractivity contribution is 0.0355. The molecule has 1 fully saturated rings. The predicted molar refractivity (Wildman–Crippen MR) is 102 cm³/mol. The van der Waals surface area contributed by atoms with Crippen LogP contribution in [0.4, 0.5) is 0 Å². The predicted octanol–water partition coefficient (Wildman–Crippen LogP) is 2.75. The van der Waals surface area contributed by atoms with Gasteiger partial charge in [0.15, 0.2) is 0 Å². The van der Waals surface area contributed by atoms with E-state index in [0.29, 0.717) is 6.54 Å². The van der Waals surface area contributed by atoms with E-state index >= 15 is 0 Å². The molecule has 2 aromatic rings. The number of amides is 1. The number of pyridine rings is 1. The van der Waals surface area contributed by atoms with E-state index in [2.05, 4.69) is 9.88 Å². The Labute approximate surface area is 155 Å². The summed E-state index contributed by atoms with van der Waals surface area (Å²) in [4.78, 5) is 21.5. The molecule has 1 saturated heterocycles. The fraction of sp³-hybridized carbons (Fsp3) is 0.429. The molecule has 1 aromatic carbocycles. The van der Waals surface area contributed by atoms with Crippen molar-refractivity contribution in [3.8, 4) is 0 Å². The van der Waals surface area contributed by atoms with Gasteiger partial charge in [-0.05, 0) is 43.2 Å². The Kier molecular flexibility index (Phi) is 6.75. The number of benzene rings is 1. The molecule has 0 N–H and O–H groups in total. The minimum atomic E-state index is 0.0903. The molecule has 0 unspecified atom stereocenters. The summed E-state index contributed by atoms with van der Waals surface area (Å²) in [6.45, 7) is 7.95. The van der Waals surface area contributed by atoms with Crippen molar-refractivity contribution in [2.75, 3.05) is 39.4 Å². The smallest absolute Gasteiger partial charge is 0.254 e. The highest BCUT2D eigenvalue weighted by Crippen LogP contribution is 2.12. The number of carbonyl (C=O) groups is 1. The number of nitrogens with zero attached hydrogens (tertiary/aromatic N) is 3. The molecule has 1 aromatic heterocycles. The van der Waals surface area contributed by atoms with Crippen molar-refractivity contribution in [1.82, 2.24) is 14.8 Å². The van der Waals surface area contributed by atoms with Gasteiger partial charge in [-0.3, -0.25) is 14.7 Å². The summed E-state index contributed by atoms with van der Waals surface area (Å²) in [7, 11) is 0. The van der Waals surface area contributed by atoms with Gasteiger partial charge in [0.1, 0.15) is 0 Å². The first-order valence-electron chi connectivity index (χ1n) is 9.27. The van der Waals surface area contributed by atoms with Crippen molar-refractivity contribution >= 4 is 5.91 Å². The Morgan fingerprint density at radius 1 is 1.19 bits per heavy atom. The maximum Gasteiger partial charge on any atom is 0.254 e. The standard InChI is InChI=1S/C21H27N3O2/c1-18-4-2-5-20(16-18)21(25)24(17-19-6-8-22-9-7-19)11-3-10-23-12-14-26-15-13-23/h2,4-9,16H,3,10-15,17H2,1H3. The molecule has 0 bridgehead atoms. The van der Waals surface area contributed by atoms with Crippen LogP contribution in [0.25, 0.3) is 0 Å². The van der Waals surface area contributed by atoms with Crippen LogP contribution in [0.15, 0.2) is 48.8 Å². The first-order chi connectivity index (χ1) is 12.7. The number of rotatable bonds is 7. The molecule has 0 saturated carbocycles. The molecule has 2 heterocycles. The van der Waals surface area contributed by atoms with Crippen molar-refractivity contribution < 1.29 is 9.53 Å². The SMILES string of the molecule is Cc1cccc(C(=O)N(CCCN2CCOCC2)Cc2ccncc2)c1. The monoisotopic (exact) mass is 353 g/mol. The number of ether oxygens (including phenoxy) is 1. The molecule has 5 heteroatoms. The van der Waals surface area contributed by atoms with Crippen molar-refractivity contribution in [2.24, 2.45) is 0 Å².